The molecule has 0 aliphatic carbocycles. The van der Waals surface area contributed by atoms with Crippen molar-refractivity contribution in [1.29, 1.82) is 0 Å². The molecular formula is C19H17BrF3N3O2. The zero-order valence-electron chi connectivity index (χ0n) is 15.0. The predicted octanol–water partition coefficient (Wildman–Crippen LogP) is 5.17. The van der Waals surface area contributed by atoms with Crippen LogP contribution < -0.4 is 5.32 Å². The van der Waals surface area contributed by atoms with E-state index in [2.05, 4.69) is 31.4 Å². The monoisotopic (exact) mass is 455 g/mol. The molecule has 1 unspecified atom stereocenters. The second-order valence-corrected chi connectivity index (χ2v) is 7.25. The molecule has 5 nitrogen and oxygen atoms in total. The molecule has 3 rings (SSSR count). The number of hydrogen-bond donors (Lipinski definition) is 2. The van der Waals surface area contributed by atoms with Crippen molar-refractivity contribution in [2.75, 3.05) is 0 Å². The van der Waals surface area contributed by atoms with Crippen LogP contribution in [0.3, 0.4) is 0 Å². The van der Waals surface area contributed by atoms with Crippen LogP contribution in [0.25, 0.3) is 0 Å². The Bertz CT molecular complexity index is 977. The van der Waals surface area contributed by atoms with E-state index >= 15 is 0 Å². The largest absolute Gasteiger partial charge is 0.416 e. The number of halogens is 4. The summed E-state index contributed by atoms with van der Waals surface area (Å²) >= 11 is 3.19. The number of amides is 1. The third-order valence-electron chi connectivity index (χ3n) is 4.42. The summed E-state index contributed by atoms with van der Waals surface area (Å²) in [5.74, 6) is 0.200. The van der Waals surface area contributed by atoms with E-state index < -0.39 is 11.7 Å². The van der Waals surface area contributed by atoms with Crippen LogP contribution in [0.15, 0.2) is 45.7 Å². The molecule has 1 aromatic carbocycles. The SMILES string of the molecule is Cc1c(Cc2ccc(C(F)(F)F)cc2)c[nH]c1C(=O)NC(C)c1cc(Br)no1. The van der Waals surface area contributed by atoms with Crippen LogP contribution in [0.4, 0.5) is 13.2 Å². The Balaban J connectivity index is 1.70. The molecule has 0 aliphatic rings. The number of H-pyrrole nitrogens is 1. The number of nitrogens with one attached hydrogen (secondary N) is 2. The second kappa shape index (κ2) is 7.83. The fourth-order valence-electron chi connectivity index (χ4n) is 2.80. The zero-order chi connectivity index (χ0) is 20.5. The van der Waals surface area contributed by atoms with E-state index in [4.69, 9.17) is 4.52 Å². The lowest BCUT2D eigenvalue weighted by atomic mass is 10.0. The van der Waals surface area contributed by atoms with E-state index in [1.807, 2.05) is 0 Å². The van der Waals surface area contributed by atoms with Crippen molar-refractivity contribution in [3.8, 4) is 0 Å². The van der Waals surface area contributed by atoms with E-state index in [9.17, 15) is 18.0 Å². The van der Waals surface area contributed by atoms with Crippen molar-refractivity contribution in [1.82, 2.24) is 15.5 Å². The molecule has 0 fully saturated rings. The van der Waals surface area contributed by atoms with Gasteiger partial charge >= 0.3 is 6.18 Å². The summed E-state index contributed by atoms with van der Waals surface area (Å²) in [6.07, 6.45) is -2.25. The maximum atomic E-state index is 12.7. The molecule has 0 spiro atoms. The Morgan fingerprint density at radius 2 is 2.00 bits per heavy atom. The quantitative estimate of drug-likeness (QED) is 0.557. The molecule has 9 heteroatoms. The van der Waals surface area contributed by atoms with Gasteiger partial charge in [0.05, 0.1) is 11.6 Å². The van der Waals surface area contributed by atoms with Crippen molar-refractivity contribution >= 4 is 21.8 Å². The van der Waals surface area contributed by atoms with Gasteiger partial charge in [-0.25, -0.2) is 0 Å². The van der Waals surface area contributed by atoms with E-state index in [1.165, 1.54) is 12.1 Å². The highest BCUT2D eigenvalue weighted by molar-refractivity contribution is 9.10. The number of aromatic nitrogens is 2. The topological polar surface area (TPSA) is 70.9 Å². The Labute approximate surface area is 167 Å². The molecule has 1 amide bonds. The molecular weight excluding hydrogens is 439 g/mol. The number of carbonyl (C=O) groups excluding carboxylic acids is 1. The van der Waals surface area contributed by atoms with Crippen LogP contribution in [0.1, 0.15) is 51.5 Å². The van der Waals surface area contributed by atoms with Crippen LogP contribution in [-0.2, 0) is 12.6 Å². The van der Waals surface area contributed by atoms with Gasteiger partial charge in [-0.05, 0) is 65.0 Å². The van der Waals surface area contributed by atoms with E-state index in [0.29, 0.717) is 22.5 Å². The van der Waals surface area contributed by atoms with Gasteiger partial charge in [-0.2, -0.15) is 13.2 Å². The zero-order valence-corrected chi connectivity index (χ0v) is 16.6. The molecule has 0 saturated carbocycles. The van der Waals surface area contributed by atoms with Crippen molar-refractivity contribution in [2.24, 2.45) is 0 Å². The standard InChI is InChI=1S/C19H17BrF3N3O2/c1-10-13(7-12-3-5-14(6-4-12)19(21,22)23)9-24-17(10)18(27)25-11(2)15-8-16(20)26-28-15/h3-6,8-9,11,24H,7H2,1-2H3,(H,25,27). The molecule has 0 saturated heterocycles. The second-order valence-electron chi connectivity index (χ2n) is 6.43. The van der Waals surface area contributed by atoms with Crippen LogP contribution in [0.2, 0.25) is 0 Å². The first-order valence-corrected chi connectivity index (χ1v) is 9.20. The van der Waals surface area contributed by atoms with Gasteiger partial charge in [0, 0.05) is 12.3 Å². The number of hydrogen-bond acceptors (Lipinski definition) is 3. The van der Waals surface area contributed by atoms with E-state index in [-0.39, 0.29) is 11.9 Å². The summed E-state index contributed by atoms with van der Waals surface area (Å²) in [7, 11) is 0. The smallest absolute Gasteiger partial charge is 0.358 e. The van der Waals surface area contributed by atoms with Gasteiger partial charge in [0.15, 0.2) is 5.76 Å². The first-order chi connectivity index (χ1) is 13.1. The Hall–Kier alpha value is -2.55. The number of nitrogens with zero attached hydrogens (tertiary/aromatic N) is 1. The van der Waals surface area contributed by atoms with E-state index in [0.717, 1.165) is 28.8 Å². The molecule has 148 valence electrons. The molecule has 28 heavy (non-hydrogen) atoms. The minimum atomic E-state index is -4.36. The molecule has 2 aromatic heterocycles. The molecule has 2 heterocycles. The average molecular weight is 456 g/mol. The first-order valence-electron chi connectivity index (χ1n) is 8.41. The molecule has 0 radical (unpaired) electrons. The van der Waals surface area contributed by atoms with Crippen LogP contribution >= 0.6 is 15.9 Å². The highest BCUT2D eigenvalue weighted by atomic mass is 79.9. The Morgan fingerprint density at radius 1 is 1.32 bits per heavy atom. The summed E-state index contributed by atoms with van der Waals surface area (Å²) in [6.45, 7) is 3.56. The maximum absolute atomic E-state index is 12.7. The van der Waals surface area contributed by atoms with Crippen molar-refractivity contribution in [3.63, 3.8) is 0 Å². The minimum Gasteiger partial charge on any atom is -0.358 e. The predicted molar refractivity (Wildman–Crippen MR) is 99.9 cm³/mol. The van der Waals surface area contributed by atoms with Crippen molar-refractivity contribution in [3.05, 3.63) is 74.8 Å². The van der Waals surface area contributed by atoms with Gasteiger partial charge in [0.1, 0.15) is 10.3 Å². The lowest BCUT2D eigenvalue weighted by Gasteiger charge is -2.10. The van der Waals surface area contributed by atoms with Gasteiger partial charge < -0.3 is 14.8 Å². The summed E-state index contributed by atoms with van der Waals surface area (Å²) in [4.78, 5) is 15.5. The highest BCUT2D eigenvalue weighted by Crippen LogP contribution is 2.29. The maximum Gasteiger partial charge on any atom is 0.416 e. The average Bonchev–Trinajstić information content (AvgIpc) is 3.21. The summed E-state index contributed by atoms with van der Waals surface area (Å²) < 4.78 is 43.7. The van der Waals surface area contributed by atoms with Gasteiger partial charge in [-0.15, -0.1) is 0 Å². The molecule has 2 N–H and O–H groups in total. The van der Waals surface area contributed by atoms with Crippen molar-refractivity contribution in [2.45, 2.75) is 32.5 Å². The van der Waals surface area contributed by atoms with Gasteiger partial charge in [-0.3, -0.25) is 4.79 Å². The third kappa shape index (κ3) is 4.46. The summed E-state index contributed by atoms with van der Waals surface area (Å²) in [5.41, 5.74) is 2.01. The van der Waals surface area contributed by atoms with Gasteiger partial charge in [-0.1, -0.05) is 17.3 Å². The van der Waals surface area contributed by atoms with Crippen LogP contribution in [-0.4, -0.2) is 16.0 Å². The molecule has 0 aliphatic heterocycles. The number of carbonyl (C=O) groups is 1. The Kier molecular flexibility index (Phi) is 5.64. The minimum absolute atomic E-state index is 0.309. The first kappa shape index (κ1) is 20.2. The number of rotatable bonds is 5. The Morgan fingerprint density at radius 3 is 2.57 bits per heavy atom. The lowest BCUT2D eigenvalue weighted by Crippen LogP contribution is -2.27. The molecule has 0 bridgehead atoms. The fraction of sp³-hybridized carbons (Fsp3) is 0.263. The number of benzene rings is 1. The normalized spacial score (nSPS) is 12.8. The van der Waals surface area contributed by atoms with Crippen LogP contribution in [0, 0.1) is 6.92 Å². The highest BCUT2D eigenvalue weighted by Gasteiger charge is 2.30. The fourth-order valence-corrected chi connectivity index (χ4v) is 3.10. The number of alkyl halides is 3. The molecule has 1 atom stereocenters. The van der Waals surface area contributed by atoms with Gasteiger partial charge in [0.25, 0.3) is 5.91 Å². The van der Waals surface area contributed by atoms with Crippen LogP contribution in [0.5, 0.6) is 0 Å². The van der Waals surface area contributed by atoms with Crippen molar-refractivity contribution < 1.29 is 22.5 Å². The number of aromatic amines is 1. The molecule has 3 aromatic rings. The van der Waals surface area contributed by atoms with E-state index in [1.54, 1.807) is 26.1 Å². The summed E-state index contributed by atoms with van der Waals surface area (Å²) in [6, 6.07) is 6.29. The third-order valence-corrected chi connectivity index (χ3v) is 4.80. The van der Waals surface area contributed by atoms with Gasteiger partial charge in [0.2, 0.25) is 0 Å². The summed E-state index contributed by atoms with van der Waals surface area (Å²) in [5, 5.41) is 6.54. The lowest BCUT2D eigenvalue weighted by molar-refractivity contribution is -0.137.